The maximum absolute atomic E-state index is 12.2. The monoisotopic (exact) mass is 409 g/mol. The number of amides is 1. The van der Waals surface area contributed by atoms with E-state index in [4.69, 9.17) is 23.2 Å². The van der Waals surface area contributed by atoms with Crippen molar-refractivity contribution < 1.29 is 4.79 Å². The van der Waals surface area contributed by atoms with E-state index in [0.717, 1.165) is 11.3 Å². The van der Waals surface area contributed by atoms with Crippen LogP contribution in [0, 0.1) is 0 Å². The molecule has 0 aliphatic rings. The van der Waals surface area contributed by atoms with Crippen LogP contribution in [0.25, 0.3) is 11.3 Å². The third kappa shape index (κ3) is 3.58. The highest BCUT2D eigenvalue weighted by atomic mass is 79.9. The number of benzene rings is 2. The van der Waals surface area contributed by atoms with Crippen molar-refractivity contribution in [3.8, 4) is 11.3 Å². The van der Waals surface area contributed by atoms with Crippen LogP contribution < -0.4 is 5.32 Å². The highest BCUT2D eigenvalue weighted by Gasteiger charge is 2.15. The molecule has 1 aromatic heterocycles. The number of nitrogens with one attached hydrogen (secondary N) is 2. The molecule has 0 unspecified atom stereocenters. The Morgan fingerprint density at radius 2 is 1.57 bits per heavy atom. The molecule has 0 radical (unpaired) electrons. The topological polar surface area (TPSA) is 57.8 Å². The van der Waals surface area contributed by atoms with Gasteiger partial charge in [0.15, 0.2) is 5.82 Å². The fourth-order valence-electron chi connectivity index (χ4n) is 2.00. The van der Waals surface area contributed by atoms with E-state index in [-0.39, 0.29) is 5.91 Å². The van der Waals surface area contributed by atoms with Crippen LogP contribution in [0.4, 0.5) is 5.82 Å². The molecule has 116 valence electrons. The summed E-state index contributed by atoms with van der Waals surface area (Å²) < 4.78 is 0.669. The van der Waals surface area contributed by atoms with E-state index in [2.05, 4.69) is 31.4 Å². The number of aromatic amines is 1. The van der Waals surface area contributed by atoms with Gasteiger partial charge in [-0.25, -0.2) is 0 Å². The molecule has 2 N–H and O–H groups in total. The van der Waals surface area contributed by atoms with Crippen molar-refractivity contribution in [2.24, 2.45) is 0 Å². The van der Waals surface area contributed by atoms with Gasteiger partial charge >= 0.3 is 0 Å². The van der Waals surface area contributed by atoms with E-state index >= 15 is 0 Å². The van der Waals surface area contributed by atoms with Gasteiger partial charge in [0, 0.05) is 21.2 Å². The summed E-state index contributed by atoms with van der Waals surface area (Å²) in [4.78, 5) is 12.2. The van der Waals surface area contributed by atoms with Gasteiger partial charge in [-0.05, 0) is 52.3 Å². The van der Waals surface area contributed by atoms with Gasteiger partial charge < -0.3 is 5.32 Å². The van der Waals surface area contributed by atoms with Gasteiger partial charge in [-0.3, -0.25) is 9.89 Å². The molecular weight excluding hydrogens is 401 g/mol. The number of nitrogens with zero attached hydrogens (tertiary/aromatic N) is 1. The van der Waals surface area contributed by atoms with Crippen molar-refractivity contribution in [2.75, 3.05) is 5.32 Å². The Kier molecular flexibility index (Phi) is 4.71. The molecule has 1 heterocycles. The first-order chi connectivity index (χ1) is 11.0. The molecule has 0 saturated carbocycles. The summed E-state index contributed by atoms with van der Waals surface area (Å²) in [5.41, 5.74) is 2.16. The van der Waals surface area contributed by atoms with Crippen LogP contribution in [0.5, 0.6) is 0 Å². The first kappa shape index (κ1) is 16.1. The molecule has 2 aromatic carbocycles. The summed E-state index contributed by atoms with van der Waals surface area (Å²) in [6.45, 7) is 0. The lowest BCUT2D eigenvalue weighted by Gasteiger charge is -2.03. The first-order valence-corrected chi connectivity index (χ1v) is 8.16. The maximum atomic E-state index is 12.2. The largest absolute Gasteiger partial charge is 0.304 e. The van der Waals surface area contributed by atoms with Gasteiger partial charge in [0.05, 0.1) is 10.2 Å². The maximum Gasteiger partial charge on any atom is 0.256 e. The first-order valence-electron chi connectivity index (χ1n) is 6.61. The smallest absolute Gasteiger partial charge is 0.256 e. The van der Waals surface area contributed by atoms with E-state index < -0.39 is 0 Å². The number of halogens is 3. The summed E-state index contributed by atoms with van der Waals surface area (Å²) in [5.74, 6) is 0.145. The molecule has 0 bridgehead atoms. The predicted molar refractivity (Wildman–Crippen MR) is 96.1 cm³/mol. The number of carbonyl (C=O) groups is 1. The van der Waals surface area contributed by atoms with Gasteiger partial charge in [-0.2, -0.15) is 5.10 Å². The van der Waals surface area contributed by atoms with Crippen molar-refractivity contribution in [3.05, 3.63) is 68.6 Å². The number of H-pyrrole nitrogens is 1. The quantitative estimate of drug-likeness (QED) is 0.607. The summed E-state index contributed by atoms with van der Waals surface area (Å²) >= 11 is 15.2. The van der Waals surface area contributed by atoms with Crippen LogP contribution >= 0.6 is 39.1 Å². The SMILES string of the molecule is O=C(Nc1n[nH]c(-c2ccc(Cl)cc2)c1Br)c1ccc(Cl)cc1. The Balaban J connectivity index is 1.83. The zero-order valence-electron chi connectivity index (χ0n) is 11.6. The second kappa shape index (κ2) is 6.74. The summed E-state index contributed by atoms with van der Waals surface area (Å²) in [5, 5.41) is 11.0. The van der Waals surface area contributed by atoms with Gasteiger partial charge in [0.25, 0.3) is 5.91 Å². The van der Waals surface area contributed by atoms with E-state index in [1.54, 1.807) is 36.4 Å². The molecule has 0 fully saturated rings. The zero-order chi connectivity index (χ0) is 16.4. The molecule has 0 aliphatic heterocycles. The molecule has 1 amide bonds. The highest BCUT2D eigenvalue weighted by Crippen LogP contribution is 2.32. The van der Waals surface area contributed by atoms with Crippen LogP contribution in [0.15, 0.2) is 53.0 Å². The van der Waals surface area contributed by atoms with Gasteiger partial charge in [0.2, 0.25) is 0 Å². The molecule has 0 spiro atoms. The van der Waals surface area contributed by atoms with E-state index in [1.807, 2.05) is 12.1 Å². The average molecular weight is 411 g/mol. The average Bonchev–Trinajstić information content (AvgIpc) is 2.90. The number of aromatic nitrogens is 2. The van der Waals surface area contributed by atoms with E-state index in [9.17, 15) is 4.79 Å². The van der Waals surface area contributed by atoms with Crippen molar-refractivity contribution >= 4 is 50.9 Å². The third-order valence-electron chi connectivity index (χ3n) is 3.18. The normalized spacial score (nSPS) is 10.6. The summed E-state index contributed by atoms with van der Waals surface area (Å²) in [7, 11) is 0. The van der Waals surface area contributed by atoms with Gasteiger partial charge in [0.1, 0.15) is 0 Å². The van der Waals surface area contributed by atoms with Crippen molar-refractivity contribution in [2.45, 2.75) is 0 Å². The molecule has 4 nitrogen and oxygen atoms in total. The Labute approximate surface area is 150 Å². The second-order valence-corrected chi connectivity index (χ2v) is 6.39. The number of hydrogen-bond donors (Lipinski definition) is 2. The van der Waals surface area contributed by atoms with Crippen LogP contribution in [0.1, 0.15) is 10.4 Å². The molecular formula is C16H10BrCl2N3O. The third-order valence-corrected chi connectivity index (χ3v) is 4.45. The highest BCUT2D eigenvalue weighted by molar-refractivity contribution is 9.10. The Bertz CT molecular complexity index is 845. The lowest BCUT2D eigenvalue weighted by molar-refractivity contribution is 0.102. The van der Waals surface area contributed by atoms with Crippen molar-refractivity contribution in [1.29, 1.82) is 0 Å². The van der Waals surface area contributed by atoms with Gasteiger partial charge in [-0.15, -0.1) is 0 Å². The van der Waals surface area contributed by atoms with Crippen molar-refractivity contribution in [1.82, 2.24) is 10.2 Å². The Hall–Kier alpha value is -1.82. The molecule has 0 aliphatic carbocycles. The van der Waals surface area contributed by atoms with Crippen LogP contribution in [0.2, 0.25) is 10.0 Å². The fraction of sp³-hybridized carbons (Fsp3) is 0. The Morgan fingerprint density at radius 1 is 1.00 bits per heavy atom. The molecule has 7 heteroatoms. The lowest BCUT2D eigenvalue weighted by atomic mass is 10.1. The minimum atomic E-state index is -0.267. The van der Waals surface area contributed by atoms with Crippen LogP contribution in [-0.2, 0) is 0 Å². The molecule has 3 aromatic rings. The van der Waals surface area contributed by atoms with Crippen LogP contribution in [-0.4, -0.2) is 16.1 Å². The second-order valence-electron chi connectivity index (χ2n) is 4.73. The molecule has 0 atom stereocenters. The summed E-state index contributed by atoms with van der Waals surface area (Å²) in [6.07, 6.45) is 0. The van der Waals surface area contributed by atoms with Crippen LogP contribution in [0.3, 0.4) is 0 Å². The minimum absolute atomic E-state index is 0.267. The molecule has 3 rings (SSSR count). The number of hydrogen-bond acceptors (Lipinski definition) is 2. The van der Waals surface area contributed by atoms with Crippen molar-refractivity contribution in [3.63, 3.8) is 0 Å². The number of carbonyl (C=O) groups excluding carboxylic acids is 1. The molecule has 23 heavy (non-hydrogen) atoms. The minimum Gasteiger partial charge on any atom is -0.304 e. The summed E-state index contributed by atoms with van der Waals surface area (Å²) in [6, 6.07) is 13.9. The molecule has 0 saturated heterocycles. The van der Waals surface area contributed by atoms with E-state index in [0.29, 0.717) is 25.9 Å². The lowest BCUT2D eigenvalue weighted by Crippen LogP contribution is -2.12. The number of rotatable bonds is 3. The van der Waals surface area contributed by atoms with Gasteiger partial charge in [-0.1, -0.05) is 35.3 Å². The standard InChI is InChI=1S/C16H10BrCl2N3O/c17-13-14(9-1-5-11(18)6-2-9)21-22-15(13)20-16(23)10-3-7-12(19)8-4-10/h1-8H,(H2,20,21,22,23). The van der Waals surface area contributed by atoms with E-state index in [1.165, 1.54) is 0 Å². The zero-order valence-corrected chi connectivity index (χ0v) is 14.7. The Morgan fingerprint density at radius 3 is 2.17 bits per heavy atom. The fourth-order valence-corrected chi connectivity index (χ4v) is 2.76. The predicted octanol–water partition coefficient (Wildman–Crippen LogP) is 5.40. The number of anilines is 1.